The summed E-state index contributed by atoms with van der Waals surface area (Å²) in [6.45, 7) is 0.735. The minimum Gasteiger partial charge on any atom is -0.467 e. The standard InChI is InChI=1S/C16H17ClN2O4/c1-22-16(21)11-4-5-13(17)14(9-11)18-7-6-15(20)19-10-12-3-2-8-23-12/h2-5,8-9,18H,6-7,10H2,1H3,(H,19,20). The van der Waals surface area contributed by atoms with Crippen LogP contribution in [0.25, 0.3) is 0 Å². The number of ether oxygens (including phenoxy) is 1. The lowest BCUT2D eigenvalue weighted by molar-refractivity contribution is -0.121. The molecule has 0 aliphatic carbocycles. The number of anilines is 1. The molecular formula is C16H17ClN2O4. The van der Waals surface area contributed by atoms with E-state index in [1.54, 1.807) is 36.6 Å². The second-order valence-corrected chi connectivity index (χ2v) is 5.13. The van der Waals surface area contributed by atoms with Gasteiger partial charge in [-0.15, -0.1) is 0 Å². The zero-order chi connectivity index (χ0) is 16.7. The van der Waals surface area contributed by atoms with E-state index in [2.05, 4.69) is 15.4 Å². The molecule has 1 aromatic carbocycles. The van der Waals surface area contributed by atoms with E-state index in [-0.39, 0.29) is 12.3 Å². The van der Waals surface area contributed by atoms with Gasteiger partial charge in [-0.2, -0.15) is 0 Å². The minimum absolute atomic E-state index is 0.117. The molecule has 0 spiro atoms. The number of carbonyl (C=O) groups is 2. The largest absolute Gasteiger partial charge is 0.467 e. The van der Waals surface area contributed by atoms with Crippen molar-refractivity contribution < 1.29 is 18.7 Å². The van der Waals surface area contributed by atoms with E-state index in [1.165, 1.54) is 7.11 Å². The number of hydrogen-bond acceptors (Lipinski definition) is 5. The molecule has 0 saturated heterocycles. The number of hydrogen-bond donors (Lipinski definition) is 2. The summed E-state index contributed by atoms with van der Waals surface area (Å²) in [6, 6.07) is 8.33. The second-order valence-electron chi connectivity index (χ2n) is 4.72. The molecule has 0 aliphatic heterocycles. The number of amides is 1. The number of methoxy groups -OCH3 is 1. The molecule has 1 amide bonds. The van der Waals surface area contributed by atoms with Gasteiger partial charge in [0.25, 0.3) is 0 Å². The average molecular weight is 337 g/mol. The lowest BCUT2D eigenvalue weighted by Gasteiger charge is -2.10. The third-order valence-electron chi connectivity index (χ3n) is 3.09. The van der Waals surface area contributed by atoms with E-state index in [0.717, 1.165) is 0 Å². The van der Waals surface area contributed by atoms with Crippen molar-refractivity contribution in [3.8, 4) is 0 Å². The first-order chi connectivity index (χ1) is 11.1. The summed E-state index contributed by atoms with van der Waals surface area (Å²) in [7, 11) is 1.31. The average Bonchev–Trinajstić information content (AvgIpc) is 3.07. The molecule has 0 aliphatic rings. The number of nitrogens with one attached hydrogen (secondary N) is 2. The van der Waals surface area contributed by atoms with Gasteiger partial charge in [-0.05, 0) is 30.3 Å². The Bertz CT molecular complexity index is 671. The lowest BCUT2D eigenvalue weighted by atomic mass is 10.2. The molecule has 6 nitrogen and oxygen atoms in total. The van der Waals surface area contributed by atoms with Crippen LogP contribution in [0.4, 0.5) is 5.69 Å². The van der Waals surface area contributed by atoms with Crippen LogP contribution >= 0.6 is 11.6 Å². The highest BCUT2D eigenvalue weighted by Crippen LogP contribution is 2.23. The van der Waals surface area contributed by atoms with Gasteiger partial charge in [0.1, 0.15) is 5.76 Å². The topological polar surface area (TPSA) is 80.6 Å². The molecule has 1 heterocycles. The van der Waals surface area contributed by atoms with Crippen LogP contribution in [0.5, 0.6) is 0 Å². The number of halogens is 1. The summed E-state index contributed by atoms with van der Waals surface area (Å²) in [5.74, 6) is 0.134. The summed E-state index contributed by atoms with van der Waals surface area (Å²) < 4.78 is 9.79. The maximum absolute atomic E-state index is 11.7. The van der Waals surface area contributed by atoms with Gasteiger partial charge >= 0.3 is 5.97 Å². The number of furan rings is 1. The van der Waals surface area contributed by atoms with Crippen molar-refractivity contribution in [1.82, 2.24) is 5.32 Å². The van der Waals surface area contributed by atoms with Gasteiger partial charge in [-0.25, -0.2) is 4.79 Å². The molecule has 1 aromatic heterocycles. The fourth-order valence-electron chi connectivity index (χ4n) is 1.90. The fourth-order valence-corrected chi connectivity index (χ4v) is 2.09. The van der Waals surface area contributed by atoms with Crippen LogP contribution in [-0.4, -0.2) is 25.5 Å². The van der Waals surface area contributed by atoms with Gasteiger partial charge in [0.2, 0.25) is 5.91 Å². The normalized spacial score (nSPS) is 10.2. The fraction of sp³-hybridized carbons (Fsp3) is 0.250. The molecule has 0 unspecified atom stereocenters. The van der Waals surface area contributed by atoms with E-state index in [0.29, 0.717) is 35.1 Å². The Labute approximate surface area is 138 Å². The molecule has 7 heteroatoms. The van der Waals surface area contributed by atoms with Gasteiger partial charge in [-0.3, -0.25) is 4.79 Å². The van der Waals surface area contributed by atoms with Crippen molar-refractivity contribution in [3.05, 3.63) is 52.9 Å². The maximum Gasteiger partial charge on any atom is 0.337 e. The summed E-state index contributed by atoms with van der Waals surface area (Å²) in [5, 5.41) is 6.24. The molecule has 0 atom stereocenters. The molecule has 0 saturated carbocycles. The van der Waals surface area contributed by atoms with Crippen molar-refractivity contribution in [2.45, 2.75) is 13.0 Å². The van der Waals surface area contributed by atoms with Crippen molar-refractivity contribution in [3.63, 3.8) is 0 Å². The van der Waals surface area contributed by atoms with Crippen LogP contribution < -0.4 is 10.6 Å². The van der Waals surface area contributed by atoms with Gasteiger partial charge < -0.3 is 19.8 Å². The predicted octanol–water partition coefficient (Wildman–Crippen LogP) is 2.84. The molecule has 0 bridgehead atoms. The first-order valence-corrected chi connectivity index (χ1v) is 7.38. The number of carbonyl (C=O) groups excluding carboxylic acids is 2. The van der Waals surface area contributed by atoms with E-state index < -0.39 is 5.97 Å². The summed E-state index contributed by atoms with van der Waals surface area (Å²) in [5.41, 5.74) is 0.968. The molecule has 23 heavy (non-hydrogen) atoms. The van der Waals surface area contributed by atoms with E-state index in [9.17, 15) is 9.59 Å². The Morgan fingerprint density at radius 3 is 2.83 bits per heavy atom. The maximum atomic E-state index is 11.7. The number of benzene rings is 1. The Balaban J connectivity index is 1.81. The highest BCUT2D eigenvalue weighted by Gasteiger charge is 2.09. The van der Waals surface area contributed by atoms with Gasteiger partial charge in [0, 0.05) is 13.0 Å². The quantitative estimate of drug-likeness (QED) is 0.760. The monoisotopic (exact) mass is 336 g/mol. The van der Waals surface area contributed by atoms with Gasteiger partial charge in [-0.1, -0.05) is 11.6 Å². The molecule has 2 N–H and O–H groups in total. The SMILES string of the molecule is COC(=O)c1ccc(Cl)c(NCCC(=O)NCc2ccco2)c1. The van der Waals surface area contributed by atoms with Crippen molar-refractivity contribution in [2.24, 2.45) is 0 Å². The summed E-state index contributed by atoms with van der Waals surface area (Å²) in [4.78, 5) is 23.2. The Morgan fingerprint density at radius 2 is 2.13 bits per heavy atom. The Kier molecular flexibility index (Phi) is 6.05. The summed E-state index contributed by atoms with van der Waals surface area (Å²) >= 11 is 6.06. The van der Waals surface area contributed by atoms with Gasteiger partial charge in [0.05, 0.1) is 36.2 Å². The first kappa shape index (κ1) is 16.9. The van der Waals surface area contributed by atoms with Crippen molar-refractivity contribution in [2.75, 3.05) is 19.0 Å². The lowest BCUT2D eigenvalue weighted by Crippen LogP contribution is -2.24. The highest BCUT2D eigenvalue weighted by molar-refractivity contribution is 6.33. The van der Waals surface area contributed by atoms with Crippen LogP contribution in [0.3, 0.4) is 0 Å². The third kappa shape index (κ3) is 5.03. The first-order valence-electron chi connectivity index (χ1n) is 7.01. The molecule has 122 valence electrons. The van der Waals surface area contributed by atoms with Crippen LogP contribution in [0.2, 0.25) is 5.02 Å². The number of rotatable bonds is 7. The van der Waals surface area contributed by atoms with Crippen LogP contribution in [0.15, 0.2) is 41.0 Å². The highest BCUT2D eigenvalue weighted by atomic mass is 35.5. The molecule has 0 fully saturated rings. The van der Waals surface area contributed by atoms with Gasteiger partial charge in [0.15, 0.2) is 0 Å². The molecular weight excluding hydrogens is 320 g/mol. The van der Waals surface area contributed by atoms with Crippen LogP contribution in [0, 0.1) is 0 Å². The van der Waals surface area contributed by atoms with Crippen LogP contribution in [0.1, 0.15) is 22.5 Å². The second kappa shape index (κ2) is 8.24. The predicted molar refractivity (Wildman–Crippen MR) is 86.5 cm³/mol. The smallest absolute Gasteiger partial charge is 0.337 e. The minimum atomic E-state index is -0.444. The van der Waals surface area contributed by atoms with Crippen LogP contribution in [-0.2, 0) is 16.1 Å². The van der Waals surface area contributed by atoms with E-state index >= 15 is 0 Å². The Morgan fingerprint density at radius 1 is 1.30 bits per heavy atom. The molecule has 0 radical (unpaired) electrons. The Hall–Kier alpha value is -2.47. The molecule has 2 rings (SSSR count). The molecule has 2 aromatic rings. The van der Waals surface area contributed by atoms with Crippen molar-refractivity contribution in [1.29, 1.82) is 0 Å². The van der Waals surface area contributed by atoms with Crippen molar-refractivity contribution >= 4 is 29.2 Å². The van der Waals surface area contributed by atoms with E-state index in [4.69, 9.17) is 16.0 Å². The zero-order valence-corrected chi connectivity index (χ0v) is 13.4. The summed E-state index contributed by atoms with van der Waals surface area (Å²) in [6.07, 6.45) is 1.82. The third-order valence-corrected chi connectivity index (χ3v) is 3.42. The zero-order valence-electron chi connectivity index (χ0n) is 12.6. The number of esters is 1. The van der Waals surface area contributed by atoms with E-state index in [1.807, 2.05) is 0 Å².